The van der Waals surface area contributed by atoms with E-state index in [-0.39, 0.29) is 12.6 Å². The first-order valence-electron chi connectivity index (χ1n) is 7.57. The third-order valence-electron chi connectivity index (χ3n) is 4.52. The van der Waals surface area contributed by atoms with E-state index in [1.54, 1.807) is 18.2 Å². The van der Waals surface area contributed by atoms with Gasteiger partial charge in [0.2, 0.25) is 12.6 Å². The van der Waals surface area contributed by atoms with Crippen LogP contribution in [0.15, 0.2) is 18.2 Å². The molecule has 0 saturated heterocycles. The summed E-state index contributed by atoms with van der Waals surface area (Å²) in [5.74, 6) is 1.12. The first kappa shape index (κ1) is 15.0. The summed E-state index contributed by atoms with van der Waals surface area (Å²) in [4.78, 5) is 18.8. The number of rotatable bonds is 2. The summed E-state index contributed by atoms with van der Waals surface area (Å²) in [6, 6.07) is 5.18. The lowest BCUT2D eigenvalue weighted by atomic mass is 10.0. The zero-order valence-corrected chi connectivity index (χ0v) is 14.4. The van der Waals surface area contributed by atoms with E-state index in [4.69, 9.17) is 15.2 Å². The Hall–Kier alpha value is -2.60. The second kappa shape index (κ2) is 5.21. The maximum atomic E-state index is 12.9. The third kappa shape index (κ3) is 2.06. The number of nitrogens with zero attached hydrogens (tertiary/aromatic N) is 1. The minimum Gasteiger partial charge on any atom is -0.454 e. The van der Waals surface area contributed by atoms with Crippen molar-refractivity contribution in [3.05, 3.63) is 45.5 Å². The number of aromatic nitrogens is 1. The molecule has 0 fully saturated rings. The molecule has 24 heavy (non-hydrogen) atoms. The lowest BCUT2D eigenvalue weighted by molar-refractivity contribution is 0.104. The predicted molar refractivity (Wildman–Crippen MR) is 94.2 cm³/mol. The van der Waals surface area contributed by atoms with Gasteiger partial charge in [-0.1, -0.05) is 0 Å². The SMILES string of the molecule is Cc1nc2sc(C(=O)c3ccc4c(c3)OCO4)c(N)c2c(C)c1C. The molecule has 5 nitrogen and oxygen atoms in total. The first-order valence-corrected chi connectivity index (χ1v) is 8.39. The number of thiophene rings is 1. The second-order valence-electron chi connectivity index (χ2n) is 5.87. The Morgan fingerprint density at radius 1 is 1.17 bits per heavy atom. The second-order valence-corrected chi connectivity index (χ2v) is 6.87. The van der Waals surface area contributed by atoms with E-state index in [1.807, 2.05) is 20.8 Å². The number of fused-ring (bicyclic) bond motifs is 2. The molecule has 1 aromatic carbocycles. The van der Waals surface area contributed by atoms with Crippen molar-refractivity contribution in [1.82, 2.24) is 4.98 Å². The predicted octanol–water partition coefficient (Wildman–Crippen LogP) is 3.76. The summed E-state index contributed by atoms with van der Waals surface area (Å²) in [7, 11) is 0. The van der Waals surface area contributed by atoms with Gasteiger partial charge in [-0.2, -0.15) is 0 Å². The molecule has 0 spiro atoms. The van der Waals surface area contributed by atoms with Gasteiger partial charge in [-0.3, -0.25) is 4.79 Å². The van der Waals surface area contributed by atoms with Crippen molar-refractivity contribution in [2.24, 2.45) is 0 Å². The molecule has 1 aliphatic rings. The monoisotopic (exact) mass is 340 g/mol. The van der Waals surface area contributed by atoms with Crippen LogP contribution in [0.1, 0.15) is 32.1 Å². The Balaban J connectivity index is 1.86. The van der Waals surface area contributed by atoms with Crippen LogP contribution in [-0.2, 0) is 0 Å². The standard InChI is InChI=1S/C18H16N2O3S/c1-8-9(2)14-15(19)17(24-18(14)20-10(8)3)16(21)11-4-5-12-13(6-11)23-7-22-12/h4-6H,7,19H2,1-3H3. The Labute approximate surface area is 143 Å². The summed E-state index contributed by atoms with van der Waals surface area (Å²) in [5.41, 5.74) is 10.5. The fourth-order valence-corrected chi connectivity index (χ4v) is 4.07. The molecule has 0 radical (unpaired) electrons. The van der Waals surface area contributed by atoms with Gasteiger partial charge in [0.15, 0.2) is 11.5 Å². The van der Waals surface area contributed by atoms with Crippen LogP contribution in [0, 0.1) is 20.8 Å². The van der Waals surface area contributed by atoms with Gasteiger partial charge < -0.3 is 15.2 Å². The number of carbonyl (C=O) groups excluding carboxylic acids is 1. The molecule has 0 atom stereocenters. The number of hydrogen-bond acceptors (Lipinski definition) is 6. The maximum absolute atomic E-state index is 12.9. The van der Waals surface area contributed by atoms with Crippen LogP contribution in [-0.4, -0.2) is 17.6 Å². The molecule has 1 aliphatic heterocycles. The van der Waals surface area contributed by atoms with E-state index in [9.17, 15) is 4.79 Å². The largest absolute Gasteiger partial charge is 0.454 e. The van der Waals surface area contributed by atoms with Crippen LogP contribution in [0.3, 0.4) is 0 Å². The maximum Gasteiger partial charge on any atom is 0.231 e. The van der Waals surface area contributed by atoms with Crippen molar-refractivity contribution >= 4 is 33.0 Å². The van der Waals surface area contributed by atoms with Gasteiger partial charge in [0.05, 0.1) is 5.69 Å². The van der Waals surface area contributed by atoms with Crippen LogP contribution < -0.4 is 15.2 Å². The molecule has 0 aliphatic carbocycles. The highest BCUT2D eigenvalue weighted by Crippen LogP contribution is 2.39. The number of benzene rings is 1. The molecule has 0 saturated carbocycles. The number of hydrogen-bond donors (Lipinski definition) is 1. The molecule has 0 amide bonds. The van der Waals surface area contributed by atoms with Crippen LogP contribution in [0.4, 0.5) is 5.69 Å². The quantitative estimate of drug-likeness (QED) is 0.719. The minimum atomic E-state index is -0.122. The van der Waals surface area contributed by atoms with Crippen molar-refractivity contribution in [3.8, 4) is 11.5 Å². The molecule has 2 aromatic heterocycles. The van der Waals surface area contributed by atoms with Crippen LogP contribution in [0.2, 0.25) is 0 Å². The van der Waals surface area contributed by atoms with Crippen LogP contribution in [0.25, 0.3) is 10.2 Å². The average Bonchev–Trinajstić information content (AvgIpc) is 3.16. The van der Waals surface area contributed by atoms with Crippen molar-refractivity contribution in [2.75, 3.05) is 12.5 Å². The Kier molecular flexibility index (Phi) is 3.25. The number of pyridine rings is 1. The molecular formula is C18H16N2O3S. The summed E-state index contributed by atoms with van der Waals surface area (Å²) in [5, 5.41) is 0.882. The Morgan fingerprint density at radius 3 is 2.71 bits per heavy atom. The smallest absolute Gasteiger partial charge is 0.231 e. The zero-order valence-electron chi connectivity index (χ0n) is 13.6. The van der Waals surface area contributed by atoms with E-state index >= 15 is 0 Å². The van der Waals surface area contributed by atoms with Crippen LogP contribution >= 0.6 is 11.3 Å². The molecule has 0 bridgehead atoms. The van der Waals surface area contributed by atoms with Gasteiger partial charge in [-0.05, 0) is 50.1 Å². The van der Waals surface area contributed by atoms with Crippen molar-refractivity contribution in [3.63, 3.8) is 0 Å². The van der Waals surface area contributed by atoms with Crippen molar-refractivity contribution in [2.45, 2.75) is 20.8 Å². The first-order chi connectivity index (χ1) is 11.5. The molecular weight excluding hydrogens is 324 g/mol. The van der Waals surface area contributed by atoms with Gasteiger partial charge in [-0.15, -0.1) is 11.3 Å². The molecule has 6 heteroatoms. The number of carbonyl (C=O) groups is 1. The van der Waals surface area contributed by atoms with E-state index < -0.39 is 0 Å². The summed E-state index contributed by atoms with van der Waals surface area (Å²) in [6.45, 7) is 6.19. The summed E-state index contributed by atoms with van der Waals surface area (Å²) in [6.07, 6.45) is 0. The molecule has 4 rings (SSSR count). The van der Waals surface area contributed by atoms with Gasteiger partial charge in [0.25, 0.3) is 0 Å². The lowest BCUT2D eigenvalue weighted by Crippen LogP contribution is -2.02. The van der Waals surface area contributed by atoms with E-state index in [2.05, 4.69) is 4.98 Å². The van der Waals surface area contributed by atoms with E-state index in [1.165, 1.54) is 11.3 Å². The zero-order chi connectivity index (χ0) is 17.0. The van der Waals surface area contributed by atoms with Gasteiger partial charge in [-0.25, -0.2) is 4.98 Å². The highest BCUT2D eigenvalue weighted by atomic mass is 32.1. The molecule has 122 valence electrons. The topological polar surface area (TPSA) is 74.4 Å². The molecule has 3 aromatic rings. The average molecular weight is 340 g/mol. The van der Waals surface area contributed by atoms with E-state index in [0.29, 0.717) is 27.6 Å². The number of nitrogens with two attached hydrogens (primary N) is 1. The molecule has 0 unspecified atom stereocenters. The fourth-order valence-electron chi connectivity index (χ4n) is 2.91. The van der Waals surface area contributed by atoms with Crippen LogP contribution in [0.5, 0.6) is 11.5 Å². The van der Waals surface area contributed by atoms with E-state index in [0.717, 1.165) is 27.0 Å². The van der Waals surface area contributed by atoms with Gasteiger partial charge in [0, 0.05) is 16.6 Å². The minimum absolute atomic E-state index is 0.122. The summed E-state index contributed by atoms with van der Waals surface area (Å²) < 4.78 is 10.6. The highest BCUT2D eigenvalue weighted by Gasteiger charge is 2.23. The third-order valence-corrected chi connectivity index (χ3v) is 5.62. The number of ketones is 1. The molecule has 3 heterocycles. The number of anilines is 1. The number of ether oxygens (including phenoxy) is 2. The highest BCUT2D eigenvalue weighted by molar-refractivity contribution is 7.21. The van der Waals surface area contributed by atoms with Gasteiger partial charge >= 0.3 is 0 Å². The Morgan fingerprint density at radius 2 is 1.92 bits per heavy atom. The molecule has 2 N–H and O–H groups in total. The van der Waals surface area contributed by atoms with Gasteiger partial charge in [0.1, 0.15) is 9.71 Å². The van der Waals surface area contributed by atoms with Crippen molar-refractivity contribution < 1.29 is 14.3 Å². The van der Waals surface area contributed by atoms with Crippen molar-refractivity contribution in [1.29, 1.82) is 0 Å². The number of nitrogen functional groups attached to an aromatic ring is 1. The fraction of sp³-hybridized carbons (Fsp3) is 0.222. The lowest BCUT2D eigenvalue weighted by Gasteiger charge is -2.06. The Bertz CT molecular complexity index is 1010. The normalized spacial score (nSPS) is 12.8. The summed E-state index contributed by atoms with van der Waals surface area (Å²) >= 11 is 1.34. The number of aryl methyl sites for hydroxylation is 2.